The minimum atomic E-state index is -0.280. The van der Waals surface area contributed by atoms with E-state index in [0.717, 1.165) is 11.1 Å². The molecule has 0 saturated carbocycles. The molecule has 26 heavy (non-hydrogen) atoms. The van der Waals surface area contributed by atoms with Gasteiger partial charge in [-0.25, -0.2) is 0 Å². The molecule has 1 amide bonds. The lowest BCUT2D eigenvalue weighted by Crippen LogP contribution is -2.53. The zero-order valence-electron chi connectivity index (χ0n) is 15.8. The van der Waals surface area contributed by atoms with Crippen LogP contribution in [0, 0.1) is 0 Å². The second-order valence-corrected chi connectivity index (χ2v) is 7.14. The molecule has 0 aromatic heterocycles. The number of carbonyl (C=O) groups excluding carboxylic acids is 1. The van der Waals surface area contributed by atoms with Crippen molar-refractivity contribution in [3.05, 3.63) is 71.8 Å². The second-order valence-electron chi connectivity index (χ2n) is 7.14. The van der Waals surface area contributed by atoms with Gasteiger partial charge in [-0.2, -0.15) is 0 Å². The first-order chi connectivity index (χ1) is 12.5. The molecule has 1 N–H and O–H groups in total. The van der Waals surface area contributed by atoms with Crippen LogP contribution < -0.4 is 5.32 Å². The predicted molar refractivity (Wildman–Crippen MR) is 104 cm³/mol. The van der Waals surface area contributed by atoms with Gasteiger partial charge in [0.15, 0.2) is 0 Å². The highest BCUT2D eigenvalue weighted by Crippen LogP contribution is 2.23. The van der Waals surface area contributed by atoms with Crippen LogP contribution >= 0.6 is 0 Å². The number of carbonyl (C=O) groups is 1. The minimum Gasteiger partial charge on any atom is -0.372 e. The van der Waals surface area contributed by atoms with Crippen LogP contribution in [0.25, 0.3) is 0 Å². The van der Waals surface area contributed by atoms with E-state index in [2.05, 4.69) is 29.6 Å². The van der Waals surface area contributed by atoms with Crippen molar-refractivity contribution in [2.75, 3.05) is 13.1 Å². The number of hydrogen-bond acceptors (Lipinski definition) is 3. The van der Waals surface area contributed by atoms with Gasteiger partial charge in [0.2, 0.25) is 5.91 Å². The molecule has 2 aromatic carbocycles. The van der Waals surface area contributed by atoms with Gasteiger partial charge in [0, 0.05) is 13.1 Å². The zero-order chi connectivity index (χ0) is 18.5. The number of nitrogens with one attached hydrogen (secondary N) is 1. The molecular weight excluding hydrogens is 324 g/mol. The first-order valence-corrected chi connectivity index (χ1v) is 9.34. The van der Waals surface area contributed by atoms with Crippen LogP contribution in [0.5, 0.6) is 0 Å². The van der Waals surface area contributed by atoms with Crippen molar-refractivity contribution < 1.29 is 9.53 Å². The van der Waals surface area contributed by atoms with Crippen molar-refractivity contribution in [3.8, 4) is 0 Å². The molecule has 0 unspecified atom stereocenters. The van der Waals surface area contributed by atoms with Crippen molar-refractivity contribution in [1.82, 2.24) is 10.2 Å². The Hall–Kier alpha value is -2.17. The summed E-state index contributed by atoms with van der Waals surface area (Å²) in [5.74, 6) is 0.129. The van der Waals surface area contributed by atoms with Gasteiger partial charge in [0.05, 0.1) is 24.3 Å². The summed E-state index contributed by atoms with van der Waals surface area (Å²) < 4.78 is 5.75. The highest BCUT2D eigenvalue weighted by atomic mass is 16.5. The van der Waals surface area contributed by atoms with Crippen LogP contribution in [0.3, 0.4) is 0 Å². The maximum absolute atomic E-state index is 13.0. The van der Waals surface area contributed by atoms with Gasteiger partial charge in [-0.1, -0.05) is 60.7 Å². The van der Waals surface area contributed by atoms with Gasteiger partial charge in [-0.15, -0.1) is 0 Å². The number of morpholine rings is 1. The quantitative estimate of drug-likeness (QED) is 0.897. The van der Waals surface area contributed by atoms with Gasteiger partial charge >= 0.3 is 0 Å². The third kappa shape index (κ3) is 4.51. The summed E-state index contributed by atoms with van der Waals surface area (Å²) in [5.41, 5.74) is 2.31. The first-order valence-electron chi connectivity index (χ1n) is 9.34. The van der Waals surface area contributed by atoms with Gasteiger partial charge in [0.1, 0.15) is 0 Å². The summed E-state index contributed by atoms with van der Waals surface area (Å²) in [4.78, 5) is 14.9. The van der Waals surface area contributed by atoms with Crippen molar-refractivity contribution >= 4 is 5.91 Å². The van der Waals surface area contributed by atoms with E-state index < -0.39 is 0 Å². The molecule has 1 fully saturated rings. The Morgan fingerprint density at radius 3 is 1.88 bits per heavy atom. The van der Waals surface area contributed by atoms with Crippen molar-refractivity contribution in [2.45, 2.75) is 45.1 Å². The Bertz CT molecular complexity index is 655. The average Bonchev–Trinajstić information content (AvgIpc) is 2.66. The standard InChI is InChI=1S/C22H28N2O2/c1-16-14-24(15-17(2)26-16)22(25)18(3)23-21(19-10-6-4-7-11-19)20-12-8-5-9-13-20/h4-13,16-18,21,23H,14-15H2,1-3H3/t16-,17-,18-/m1/s1. The van der Waals surface area contributed by atoms with Crippen LogP contribution in [0.1, 0.15) is 37.9 Å². The Morgan fingerprint density at radius 1 is 0.962 bits per heavy atom. The van der Waals surface area contributed by atoms with Crippen molar-refractivity contribution in [1.29, 1.82) is 0 Å². The summed E-state index contributed by atoms with van der Waals surface area (Å²) in [6.07, 6.45) is 0.155. The number of ether oxygens (including phenoxy) is 1. The summed E-state index contributed by atoms with van der Waals surface area (Å²) in [6.45, 7) is 7.29. The smallest absolute Gasteiger partial charge is 0.239 e. The van der Waals surface area contributed by atoms with Crippen molar-refractivity contribution in [2.24, 2.45) is 0 Å². The first kappa shape index (κ1) is 18.6. The monoisotopic (exact) mass is 352 g/mol. The van der Waals surface area contributed by atoms with E-state index in [1.165, 1.54) is 0 Å². The van der Waals surface area contributed by atoms with E-state index in [9.17, 15) is 4.79 Å². The lowest BCUT2D eigenvalue weighted by molar-refractivity contribution is -0.145. The van der Waals surface area contributed by atoms with Crippen LogP contribution in [-0.4, -0.2) is 42.1 Å². The molecule has 4 heteroatoms. The molecule has 1 saturated heterocycles. The maximum atomic E-state index is 13.0. The maximum Gasteiger partial charge on any atom is 0.239 e. The molecule has 1 heterocycles. The molecular formula is C22H28N2O2. The number of hydrogen-bond donors (Lipinski definition) is 1. The SMILES string of the molecule is C[C@@H]1CN(C(=O)[C@@H](C)NC(c2ccccc2)c2ccccc2)C[C@@H](C)O1. The minimum absolute atomic E-state index is 0.0211. The normalized spacial score (nSPS) is 21.6. The van der Waals surface area contributed by atoms with E-state index >= 15 is 0 Å². The molecule has 2 aromatic rings. The lowest BCUT2D eigenvalue weighted by Gasteiger charge is -2.37. The molecule has 4 nitrogen and oxygen atoms in total. The van der Waals surface area contributed by atoms with Gasteiger partial charge in [0.25, 0.3) is 0 Å². The highest BCUT2D eigenvalue weighted by molar-refractivity contribution is 5.81. The number of nitrogens with zero attached hydrogens (tertiary/aromatic N) is 1. The van der Waals surface area contributed by atoms with E-state index in [-0.39, 0.29) is 30.2 Å². The molecule has 1 aliphatic heterocycles. The molecule has 0 radical (unpaired) electrons. The number of benzene rings is 2. The molecule has 0 spiro atoms. The molecule has 3 rings (SSSR count). The molecule has 0 aliphatic carbocycles. The molecule has 3 atom stereocenters. The summed E-state index contributed by atoms with van der Waals surface area (Å²) in [7, 11) is 0. The Morgan fingerprint density at radius 2 is 1.42 bits per heavy atom. The fourth-order valence-electron chi connectivity index (χ4n) is 3.63. The number of rotatable bonds is 5. The number of amides is 1. The van der Waals surface area contributed by atoms with Crippen LogP contribution in [0.2, 0.25) is 0 Å². The van der Waals surface area contributed by atoms with E-state index in [1.807, 2.05) is 62.1 Å². The Kier molecular flexibility index (Phi) is 6.07. The van der Waals surface area contributed by atoms with Gasteiger partial charge in [-0.3, -0.25) is 10.1 Å². The van der Waals surface area contributed by atoms with E-state index in [1.54, 1.807) is 0 Å². The molecule has 138 valence electrons. The summed E-state index contributed by atoms with van der Waals surface area (Å²) in [6, 6.07) is 20.2. The average molecular weight is 352 g/mol. The van der Waals surface area contributed by atoms with Crippen LogP contribution in [-0.2, 0) is 9.53 Å². The topological polar surface area (TPSA) is 41.6 Å². The van der Waals surface area contributed by atoms with Gasteiger partial charge < -0.3 is 9.64 Å². The summed E-state index contributed by atoms with van der Waals surface area (Å²) in [5, 5.41) is 3.54. The third-order valence-electron chi connectivity index (χ3n) is 4.78. The van der Waals surface area contributed by atoms with Gasteiger partial charge in [-0.05, 0) is 31.9 Å². The van der Waals surface area contributed by atoms with E-state index in [4.69, 9.17) is 4.74 Å². The zero-order valence-corrected chi connectivity index (χ0v) is 15.8. The van der Waals surface area contributed by atoms with Crippen LogP contribution in [0.15, 0.2) is 60.7 Å². The predicted octanol–water partition coefficient (Wildman–Crippen LogP) is 3.39. The Labute approximate surface area is 156 Å². The highest BCUT2D eigenvalue weighted by Gasteiger charge is 2.30. The lowest BCUT2D eigenvalue weighted by atomic mass is 9.97. The Balaban J connectivity index is 1.77. The fourth-order valence-corrected chi connectivity index (χ4v) is 3.63. The van der Waals surface area contributed by atoms with Crippen molar-refractivity contribution in [3.63, 3.8) is 0 Å². The fraction of sp³-hybridized carbons (Fsp3) is 0.409. The van der Waals surface area contributed by atoms with E-state index in [0.29, 0.717) is 13.1 Å². The largest absolute Gasteiger partial charge is 0.372 e. The summed E-state index contributed by atoms with van der Waals surface area (Å²) >= 11 is 0. The third-order valence-corrected chi connectivity index (χ3v) is 4.78. The second kappa shape index (κ2) is 8.47. The van der Waals surface area contributed by atoms with Crippen LogP contribution in [0.4, 0.5) is 0 Å². The molecule has 1 aliphatic rings. The molecule has 0 bridgehead atoms.